The predicted octanol–water partition coefficient (Wildman–Crippen LogP) is 4.03. The van der Waals surface area contributed by atoms with Crippen LogP contribution in [0.2, 0.25) is 0 Å². The van der Waals surface area contributed by atoms with Crippen LogP contribution < -0.4 is 5.32 Å². The Labute approximate surface area is 178 Å². The third-order valence-electron chi connectivity index (χ3n) is 6.17. The fourth-order valence-electron chi connectivity index (χ4n) is 4.51. The number of urea groups is 1. The van der Waals surface area contributed by atoms with E-state index in [1.807, 2.05) is 0 Å². The van der Waals surface area contributed by atoms with Gasteiger partial charge in [0.1, 0.15) is 5.69 Å². The lowest BCUT2D eigenvalue weighted by molar-refractivity contribution is -0.125. The summed E-state index contributed by atoms with van der Waals surface area (Å²) in [6.45, 7) is 0. The zero-order valence-electron chi connectivity index (χ0n) is 18.1. The van der Waals surface area contributed by atoms with Crippen LogP contribution in [0.5, 0.6) is 0 Å². The molecule has 2 aliphatic carbocycles. The van der Waals surface area contributed by atoms with Crippen molar-refractivity contribution in [3.8, 4) is 0 Å². The molecule has 0 unspecified atom stereocenters. The number of nitrogens with zero attached hydrogens (tertiary/aromatic N) is 2. The van der Waals surface area contributed by atoms with Crippen LogP contribution in [0.1, 0.15) is 80.3 Å². The number of aromatic nitrogens is 1. The van der Waals surface area contributed by atoms with Gasteiger partial charge in [-0.05, 0) is 43.4 Å². The molecule has 1 heterocycles. The fourth-order valence-corrected chi connectivity index (χ4v) is 4.51. The smallest absolute Gasteiger partial charge is 0.354 e. The standard InChI is InChI=1S/C23H33N3O4/c1-25-16-17(15-20(25)22(28)30-2)13-14-21(27)26(19-11-7-4-8-12-19)23(29)24-18-9-5-3-6-10-18/h13-16,18-19H,3-12H2,1-2H3,(H,24,29)/b14-13+. The minimum absolute atomic E-state index is 0.0547. The highest BCUT2D eigenvalue weighted by molar-refractivity contribution is 6.03. The largest absolute Gasteiger partial charge is 0.464 e. The first kappa shape index (κ1) is 22.1. The second-order valence-corrected chi connectivity index (χ2v) is 8.38. The Morgan fingerprint density at radius 1 is 1.07 bits per heavy atom. The van der Waals surface area contributed by atoms with Gasteiger partial charge in [0.2, 0.25) is 0 Å². The van der Waals surface area contributed by atoms with Gasteiger partial charge in [-0.25, -0.2) is 9.59 Å². The highest BCUT2D eigenvalue weighted by Gasteiger charge is 2.31. The van der Waals surface area contributed by atoms with E-state index in [0.29, 0.717) is 11.3 Å². The van der Waals surface area contributed by atoms with Crippen molar-refractivity contribution >= 4 is 24.0 Å². The first-order chi connectivity index (χ1) is 14.5. The monoisotopic (exact) mass is 415 g/mol. The molecule has 1 N–H and O–H groups in total. The van der Waals surface area contributed by atoms with Crippen molar-refractivity contribution in [1.29, 1.82) is 0 Å². The highest BCUT2D eigenvalue weighted by Crippen LogP contribution is 2.24. The first-order valence-corrected chi connectivity index (χ1v) is 11.1. The van der Waals surface area contributed by atoms with E-state index >= 15 is 0 Å². The number of amides is 3. The van der Waals surface area contributed by atoms with Crippen molar-refractivity contribution in [2.75, 3.05) is 7.11 Å². The third kappa shape index (κ3) is 5.52. The lowest BCUT2D eigenvalue weighted by Crippen LogP contribution is -2.52. The summed E-state index contributed by atoms with van der Waals surface area (Å²) in [6, 6.07) is 1.50. The number of aryl methyl sites for hydroxylation is 1. The number of nitrogens with one attached hydrogen (secondary N) is 1. The molecule has 2 aliphatic rings. The van der Waals surface area contributed by atoms with Crippen LogP contribution >= 0.6 is 0 Å². The molecule has 0 spiro atoms. The topological polar surface area (TPSA) is 80.6 Å². The van der Waals surface area contributed by atoms with Crippen LogP contribution in [-0.4, -0.2) is 46.6 Å². The van der Waals surface area contributed by atoms with Gasteiger partial charge in [-0.3, -0.25) is 9.69 Å². The number of carbonyl (C=O) groups is 3. The lowest BCUT2D eigenvalue weighted by Gasteiger charge is -2.34. The summed E-state index contributed by atoms with van der Waals surface area (Å²) in [6.07, 6.45) is 15.2. The van der Waals surface area contributed by atoms with Crippen molar-refractivity contribution in [3.63, 3.8) is 0 Å². The van der Waals surface area contributed by atoms with Gasteiger partial charge < -0.3 is 14.6 Å². The van der Waals surface area contributed by atoms with Crippen molar-refractivity contribution in [3.05, 3.63) is 29.6 Å². The summed E-state index contributed by atoms with van der Waals surface area (Å²) in [4.78, 5) is 39.3. The zero-order chi connectivity index (χ0) is 21.5. The Balaban J connectivity index is 1.73. The molecule has 0 aliphatic heterocycles. The van der Waals surface area contributed by atoms with E-state index in [9.17, 15) is 14.4 Å². The number of carbonyl (C=O) groups excluding carboxylic acids is 3. The van der Waals surface area contributed by atoms with Crippen LogP contribution in [-0.2, 0) is 16.6 Å². The van der Waals surface area contributed by atoms with E-state index in [-0.39, 0.29) is 24.0 Å². The number of rotatable bonds is 5. The minimum atomic E-state index is -0.431. The molecule has 7 heteroatoms. The maximum Gasteiger partial charge on any atom is 0.354 e. The molecule has 0 radical (unpaired) electrons. The van der Waals surface area contributed by atoms with Crippen LogP contribution in [0.3, 0.4) is 0 Å². The van der Waals surface area contributed by atoms with E-state index in [4.69, 9.17) is 4.74 Å². The van der Waals surface area contributed by atoms with E-state index in [1.165, 1.54) is 24.5 Å². The average molecular weight is 416 g/mol. The number of ether oxygens (including phenoxy) is 1. The quantitative estimate of drug-likeness (QED) is 0.582. The maximum absolute atomic E-state index is 13.1. The molecule has 1 aromatic rings. The second kappa shape index (κ2) is 10.5. The molecule has 3 rings (SSSR count). The van der Waals surface area contributed by atoms with E-state index in [0.717, 1.165) is 57.8 Å². The molecular formula is C23H33N3O4. The zero-order valence-corrected chi connectivity index (χ0v) is 18.1. The Morgan fingerprint density at radius 3 is 2.33 bits per heavy atom. The average Bonchev–Trinajstić information content (AvgIpc) is 3.14. The maximum atomic E-state index is 13.1. The summed E-state index contributed by atoms with van der Waals surface area (Å²) in [5.74, 6) is -0.738. The van der Waals surface area contributed by atoms with Gasteiger partial charge in [0.05, 0.1) is 7.11 Å². The molecule has 0 atom stereocenters. The molecule has 0 aromatic carbocycles. The molecule has 1 aromatic heterocycles. The van der Waals surface area contributed by atoms with Crippen molar-refractivity contribution in [1.82, 2.24) is 14.8 Å². The number of methoxy groups -OCH3 is 1. The Morgan fingerprint density at radius 2 is 1.70 bits per heavy atom. The van der Waals surface area contributed by atoms with E-state index in [1.54, 1.807) is 30.0 Å². The highest BCUT2D eigenvalue weighted by atomic mass is 16.5. The number of hydrogen-bond donors (Lipinski definition) is 1. The van der Waals surface area contributed by atoms with E-state index in [2.05, 4.69) is 5.32 Å². The third-order valence-corrected chi connectivity index (χ3v) is 6.17. The summed E-state index contributed by atoms with van der Waals surface area (Å²) < 4.78 is 6.42. The van der Waals surface area contributed by atoms with Gasteiger partial charge in [0.25, 0.3) is 5.91 Å². The molecule has 164 valence electrons. The molecule has 30 heavy (non-hydrogen) atoms. The number of esters is 1. The Kier molecular flexibility index (Phi) is 7.71. The van der Waals surface area contributed by atoms with Gasteiger partial charge in [0, 0.05) is 31.4 Å². The van der Waals surface area contributed by atoms with Crippen LogP contribution in [0.4, 0.5) is 4.79 Å². The SMILES string of the molecule is COC(=O)c1cc(/C=C/C(=O)N(C(=O)NC2CCCCC2)C2CCCCC2)cn1C. The van der Waals surface area contributed by atoms with Gasteiger partial charge in [-0.1, -0.05) is 38.5 Å². The molecule has 2 fully saturated rings. The van der Waals surface area contributed by atoms with E-state index < -0.39 is 5.97 Å². The first-order valence-electron chi connectivity index (χ1n) is 11.1. The molecule has 0 bridgehead atoms. The van der Waals surface area contributed by atoms with Crippen LogP contribution in [0.25, 0.3) is 6.08 Å². The molecule has 2 saturated carbocycles. The van der Waals surface area contributed by atoms with Gasteiger partial charge in [-0.2, -0.15) is 0 Å². The molecule has 7 nitrogen and oxygen atoms in total. The van der Waals surface area contributed by atoms with Crippen LogP contribution in [0.15, 0.2) is 18.3 Å². The molecular weight excluding hydrogens is 382 g/mol. The van der Waals surface area contributed by atoms with Gasteiger partial charge >= 0.3 is 12.0 Å². The Bertz CT molecular complexity index is 786. The van der Waals surface area contributed by atoms with Crippen LogP contribution in [0, 0.1) is 0 Å². The predicted molar refractivity (Wildman–Crippen MR) is 115 cm³/mol. The molecule has 0 saturated heterocycles. The van der Waals surface area contributed by atoms with Crippen molar-refractivity contribution < 1.29 is 19.1 Å². The number of imide groups is 1. The summed E-state index contributed by atoms with van der Waals surface area (Å²) in [5.41, 5.74) is 1.12. The summed E-state index contributed by atoms with van der Waals surface area (Å²) >= 11 is 0. The lowest BCUT2D eigenvalue weighted by atomic mass is 9.93. The fraction of sp³-hybridized carbons (Fsp3) is 0.609. The minimum Gasteiger partial charge on any atom is -0.464 e. The Hall–Kier alpha value is -2.57. The van der Waals surface area contributed by atoms with Crippen molar-refractivity contribution in [2.45, 2.75) is 76.3 Å². The molecule has 3 amide bonds. The summed E-state index contributed by atoms with van der Waals surface area (Å²) in [5, 5.41) is 3.10. The van der Waals surface area contributed by atoms with Gasteiger partial charge in [-0.15, -0.1) is 0 Å². The van der Waals surface area contributed by atoms with Crippen molar-refractivity contribution in [2.24, 2.45) is 7.05 Å². The summed E-state index contributed by atoms with van der Waals surface area (Å²) in [7, 11) is 3.08. The number of hydrogen-bond acceptors (Lipinski definition) is 4. The van der Waals surface area contributed by atoms with Gasteiger partial charge in [0.15, 0.2) is 0 Å². The second-order valence-electron chi connectivity index (χ2n) is 8.38. The normalized spacial score (nSPS) is 18.3.